The first-order valence-corrected chi connectivity index (χ1v) is 8.63. The second-order valence-electron chi connectivity index (χ2n) is 8.14. The van der Waals surface area contributed by atoms with Crippen LogP contribution in [-0.2, 0) is 13.2 Å². The molecular formula is C17H22F3N3O. The van der Waals surface area contributed by atoms with Crippen LogP contribution in [0.1, 0.15) is 54.7 Å². The van der Waals surface area contributed by atoms with Crippen molar-refractivity contribution in [1.82, 2.24) is 15.1 Å². The minimum Gasteiger partial charge on any atom is -0.350 e. The van der Waals surface area contributed by atoms with Crippen LogP contribution in [0.25, 0.3) is 0 Å². The van der Waals surface area contributed by atoms with Gasteiger partial charge in [0.25, 0.3) is 5.91 Å². The van der Waals surface area contributed by atoms with E-state index in [2.05, 4.69) is 10.4 Å². The molecule has 4 bridgehead atoms. The summed E-state index contributed by atoms with van der Waals surface area (Å²) in [4.78, 5) is 12.3. The first kappa shape index (κ1) is 16.0. The fourth-order valence-corrected chi connectivity index (χ4v) is 5.71. The molecule has 4 fully saturated rings. The summed E-state index contributed by atoms with van der Waals surface area (Å²) in [5.74, 6) is 1.83. The van der Waals surface area contributed by atoms with Gasteiger partial charge in [-0.05, 0) is 61.7 Å². The topological polar surface area (TPSA) is 46.9 Å². The average molecular weight is 341 g/mol. The van der Waals surface area contributed by atoms with Crippen molar-refractivity contribution in [2.45, 2.75) is 44.7 Å². The van der Waals surface area contributed by atoms with Crippen LogP contribution in [0.4, 0.5) is 13.2 Å². The van der Waals surface area contributed by atoms with Gasteiger partial charge in [-0.3, -0.25) is 9.48 Å². The fraction of sp³-hybridized carbons (Fsp3) is 0.765. The Labute approximate surface area is 138 Å². The summed E-state index contributed by atoms with van der Waals surface area (Å²) in [5.41, 5.74) is -0.900. The maximum absolute atomic E-state index is 12.8. The van der Waals surface area contributed by atoms with Crippen LogP contribution in [0, 0.1) is 23.2 Å². The Morgan fingerprint density at radius 1 is 1.25 bits per heavy atom. The predicted molar refractivity (Wildman–Crippen MR) is 81.1 cm³/mol. The molecule has 4 saturated carbocycles. The highest BCUT2D eigenvalue weighted by Gasteiger charge is 2.50. The Hall–Kier alpha value is -1.53. The molecule has 4 aliphatic rings. The molecule has 4 aliphatic carbocycles. The summed E-state index contributed by atoms with van der Waals surface area (Å²) in [6.07, 6.45) is 2.91. The van der Waals surface area contributed by atoms with E-state index in [1.54, 1.807) is 0 Å². The first-order chi connectivity index (χ1) is 11.2. The number of aromatic nitrogens is 2. The molecule has 132 valence electrons. The molecule has 0 saturated heterocycles. The number of hydrogen-bond donors (Lipinski definition) is 1. The minimum atomic E-state index is -4.50. The number of nitrogens with zero attached hydrogens (tertiary/aromatic N) is 2. The summed E-state index contributed by atoms with van der Waals surface area (Å²) >= 11 is 0. The first-order valence-electron chi connectivity index (χ1n) is 8.63. The molecule has 1 aromatic rings. The van der Waals surface area contributed by atoms with Crippen LogP contribution in [0.3, 0.4) is 0 Å². The summed E-state index contributed by atoms with van der Waals surface area (Å²) < 4.78 is 39.2. The van der Waals surface area contributed by atoms with Gasteiger partial charge in [0, 0.05) is 19.7 Å². The number of aryl methyl sites for hydroxylation is 1. The molecule has 1 heterocycles. The van der Waals surface area contributed by atoms with Gasteiger partial charge in [-0.1, -0.05) is 0 Å². The van der Waals surface area contributed by atoms with Crippen molar-refractivity contribution in [3.63, 3.8) is 0 Å². The zero-order chi connectivity index (χ0) is 17.1. The number of alkyl halides is 3. The Morgan fingerprint density at radius 2 is 1.79 bits per heavy atom. The Morgan fingerprint density at radius 3 is 2.25 bits per heavy atom. The lowest BCUT2D eigenvalue weighted by Crippen LogP contribution is -2.51. The van der Waals surface area contributed by atoms with E-state index in [1.807, 2.05) is 0 Å². The maximum Gasteiger partial charge on any atom is 0.433 e. The molecule has 0 radical (unpaired) electrons. The average Bonchev–Trinajstić information content (AvgIpc) is 2.85. The van der Waals surface area contributed by atoms with Crippen LogP contribution in [0.15, 0.2) is 6.07 Å². The third-order valence-electron chi connectivity index (χ3n) is 6.19. The molecule has 1 amide bonds. The SMILES string of the molecule is Cn1nc(C(=O)NCC23CC4CC(CC(C4)C2)C3)cc1C(F)(F)F. The third-order valence-corrected chi connectivity index (χ3v) is 6.19. The Kier molecular flexibility index (Phi) is 3.48. The van der Waals surface area contributed by atoms with Crippen LogP contribution < -0.4 is 5.32 Å². The standard InChI is InChI=1S/C17H22F3N3O/c1-23-14(17(18,19)20)5-13(22-23)15(24)21-9-16-6-10-2-11(7-16)4-12(3-10)8-16/h5,10-12H,2-4,6-9H2,1H3,(H,21,24). The van der Waals surface area contributed by atoms with E-state index in [0.717, 1.165) is 47.8 Å². The van der Waals surface area contributed by atoms with Gasteiger partial charge in [-0.2, -0.15) is 18.3 Å². The molecule has 5 rings (SSSR count). The molecule has 24 heavy (non-hydrogen) atoms. The summed E-state index contributed by atoms with van der Waals surface area (Å²) in [7, 11) is 1.21. The maximum atomic E-state index is 12.8. The van der Waals surface area contributed by atoms with Crippen molar-refractivity contribution < 1.29 is 18.0 Å². The number of hydrogen-bond acceptors (Lipinski definition) is 2. The van der Waals surface area contributed by atoms with E-state index in [0.29, 0.717) is 6.54 Å². The number of carbonyl (C=O) groups excluding carboxylic acids is 1. The third kappa shape index (κ3) is 2.71. The van der Waals surface area contributed by atoms with Gasteiger partial charge in [0.15, 0.2) is 5.69 Å². The number of halogens is 3. The quantitative estimate of drug-likeness (QED) is 0.916. The Balaban J connectivity index is 1.44. The molecule has 1 N–H and O–H groups in total. The van der Waals surface area contributed by atoms with Gasteiger partial charge >= 0.3 is 6.18 Å². The van der Waals surface area contributed by atoms with E-state index in [-0.39, 0.29) is 11.1 Å². The lowest BCUT2D eigenvalue weighted by Gasteiger charge is -2.56. The van der Waals surface area contributed by atoms with Crippen LogP contribution >= 0.6 is 0 Å². The van der Waals surface area contributed by atoms with E-state index in [1.165, 1.54) is 26.3 Å². The van der Waals surface area contributed by atoms with E-state index in [9.17, 15) is 18.0 Å². The summed E-state index contributed by atoms with van der Waals surface area (Å²) in [6.45, 7) is 0.563. The zero-order valence-corrected chi connectivity index (χ0v) is 13.7. The second kappa shape index (κ2) is 5.23. The zero-order valence-electron chi connectivity index (χ0n) is 13.7. The van der Waals surface area contributed by atoms with Crippen LogP contribution in [0.2, 0.25) is 0 Å². The van der Waals surface area contributed by atoms with Crippen molar-refractivity contribution in [3.8, 4) is 0 Å². The smallest absolute Gasteiger partial charge is 0.350 e. The van der Waals surface area contributed by atoms with Gasteiger partial charge in [0.2, 0.25) is 0 Å². The monoisotopic (exact) mass is 341 g/mol. The minimum absolute atomic E-state index is 0.158. The second-order valence-corrected chi connectivity index (χ2v) is 8.14. The van der Waals surface area contributed by atoms with Crippen molar-refractivity contribution >= 4 is 5.91 Å². The largest absolute Gasteiger partial charge is 0.433 e. The number of carbonyl (C=O) groups is 1. The molecule has 0 aromatic carbocycles. The van der Waals surface area contributed by atoms with Crippen molar-refractivity contribution in [2.24, 2.45) is 30.2 Å². The van der Waals surface area contributed by atoms with E-state index in [4.69, 9.17) is 0 Å². The van der Waals surface area contributed by atoms with Crippen molar-refractivity contribution in [1.29, 1.82) is 0 Å². The molecule has 0 unspecified atom stereocenters. The molecular weight excluding hydrogens is 319 g/mol. The summed E-state index contributed by atoms with van der Waals surface area (Å²) in [5, 5.41) is 6.59. The van der Waals surface area contributed by atoms with Gasteiger partial charge < -0.3 is 5.32 Å². The van der Waals surface area contributed by atoms with Gasteiger partial charge in [0.05, 0.1) is 0 Å². The molecule has 0 spiro atoms. The lowest BCUT2D eigenvalue weighted by atomic mass is 9.49. The number of rotatable bonds is 3. The highest BCUT2D eigenvalue weighted by atomic mass is 19.4. The molecule has 0 aliphatic heterocycles. The van der Waals surface area contributed by atoms with Crippen molar-refractivity contribution in [2.75, 3.05) is 6.54 Å². The normalized spacial score (nSPS) is 34.6. The molecule has 7 heteroatoms. The van der Waals surface area contributed by atoms with E-state index >= 15 is 0 Å². The molecule has 4 nitrogen and oxygen atoms in total. The van der Waals surface area contributed by atoms with Gasteiger partial charge in [-0.25, -0.2) is 0 Å². The van der Waals surface area contributed by atoms with E-state index < -0.39 is 17.8 Å². The molecule has 1 aromatic heterocycles. The fourth-order valence-electron chi connectivity index (χ4n) is 5.71. The Bertz CT molecular complexity index is 629. The van der Waals surface area contributed by atoms with Crippen LogP contribution in [0.5, 0.6) is 0 Å². The summed E-state index contributed by atoms with van der Waals surface area (Å²) in [6, 6.07) is 0.828. The van der Waals surface area contributed by atoms with Gasteiger partial charge in [0.1, 0.15) is 5.69 Å². The highest BCUT2D eigenvalue weighted by Crippen LogP contribution is 2.59. The molecule has 0 atom stereocenters. The lowest BCUT2D eigenvalue weighted by molar-refractivity contribution is -0.143. The predicted octanol–water partition coefficient (Wildman–Crippen LogP) is 3.39. The van der Waals surface area contributed by atoms with Gasteiger partial charge in [-0.15, -0.1) is 0 Å². The number of amides is 1. The highest BCUT2D eigenvalue weighted by molar-refractivity contribution is 5.92. The number of nitrogens with one attached hydrogen (secondary N) is 1. The van der Waals surface area contributed by atoms with Crippen molar-refractivity contribution in [3.05, 3.63) is 17.5 Å². The van der Waals surface area contributed by atoms with Crippen LogP contribution in [-0.4, -0.2) is 22.2 Å².